The Bertz CT molecular complexity index is 1370. The van der Waals surface area contributed by atoms with E-state index in [1.54, 1.807) is 17.8 Å². The van der Waals surface area contributed by atoms with E-state index < -0.39 is 0 Å². The van der Waals surface area contributed by atoms with Crippen LogP contribution in [0.5, 0.6) is 5.75 Å². The SMILES string of the molecule is CCC(=O)N1CCc2ccc(OCc3nc(C(=O)NCc4cccnc4)cs3)cc2C1c1ccccc1. The number of rotatable bonds is 8. The van der Waals surface area contributed by atoms with Gasteiger partial charge in [-0.3, -0.25) is 14.6 Å². The van der Waals surface area contributed by atoms with Crippen LogP contribution in [0.3, 0.4) is 0 Å². The minimum atomic E-state index is -0.230. The molecule has 0 spiro atoms. The molecule has 37 heavy (non-hydrogen) atoms. The summed E-state index contributed by atoms with van der Waals surface area (Å²) >= 11 is 1.39. The molecule has 8 heteroatoms. The highest BCUT2D eigenvalue weighted by Gasteiger charge is 2.31. The molecule has 1 aliphatic heterocycles. The summed E-state index contributed by atoms with van der Waals surface area (Å²) < 4.78 is 6.09. The lowest BCUT2D eigenvalue weighted by atomic mass is 9.87. The van der Waals surface area contributed by atoms with Gasteiger partial charge >= 0.3 is 0 Å². The molecule has 188 valence electrons. The van der Waals surface area contributed by atoms with Gasteiger partial charge in [-0.2, -0.15) is 0 Å². The van der Waals surface area contributed by atoms with Crippen molar-refractivity contribution in [1.82, 2.24) is 20.2 Å². The second kappa shape index (κ2) is 11.3. The van der Waals surface area contributed by atoms with Crippen LogP contribution in [0, 0.1) is 0 Å². The fraction of sp³-hybridized carbons (Fsp3) is 0.241. The molecule has 1 aliphatic rings. The zero-order chi connectivity index (χ0) is 25.6. The lowest BCUT2D eigenvalue weighted by Crippen LogP contribution is -2.40. The monoisotopic (exact) mass is 512 g/mol. The molecule has 0 fully saturated rings. The van der Waals surface area contributed by atoms with Gasteiger partial charge in [0.15, 0.2) is 0 Å². The first-order valence-corrected chi connectivity index (χ1v) is 13.2. The number of pyridine rings is 1. The maximum absolute atomic E-state index is 12.8. The molecule has 5 rings (SSSR count). The van der Waals surface area contributed by atoms with Crippen LogP contribution in [-0.4, -0.2) is 33.2 Å². The molecule has 1 atom stereocenters. The zero-order valence-corrected chi connectivity index (χ0v) is 21.4. The van der Waals surface area contributed by atoms with E-state index in [9.17, 15) is 9.59 Å². The summed E-state index contributed by atoms with van der Waals surface area (Å²) in [6.45, 7) is 3.25. The quantitative estimate of drug-likeness (QED) is 0.362. The van der Waals surface area contributed by atoms with E-state index in [2.05, 4.69) is 33.5 Å². The second-order valence-electron chi connectivity index (χ2n) is 8.82. The molecule has 2 aromatic carbocycles. The molecule has 0 saturated heterocycles. The molecular weight excluding hydrogens is 484 g/mol. The fourth-order valence-corrected chi connectivity index (χ4v) is 5.24. The predicted octanol–water partition coefficient (Wildman–Crippen LogP) is 4.93. The third kappa shape index (κ3) is 5.70. The molecule has 0 bridgehead atoms. The first-order valence-electron chi connectivity index (χ1n) is 12.3. The van der Waals surface area contributed by atoms with Crippen LogP contribution in [0.4, 0.5) is 0 Å². The number of nitrogens with one attached hydrogen (secondary N) is 1. The number of aromatic nitrogens is 2. The average molecular weight is 513 g/mol. The summed E-state index contributed by atoms with van der Waals surface area (Å²) in [7, 11) is 0. The maximum Gasteiger partial charge on any atom is 0.271 e. The van der Waals surface area contributed by atoms with E-state index in [1.807, 2.05) is 54.3 Å². The van der Waals surface area contributed by atoms with Crippen LogP contribution in [-0.2, 0) is 24.4 Å². The highest BCUT2D eigenvalue weighted by atomic mass is 32.1. The van der Waals surface area contributed by atoms with Crippen molar-refractivity contribution >= 4 is 23.2 Å². The Morgan fingerprint density at radius 2 is 2.00 bits per heavy atom. The van der Waals surface area contributed by atoms with Gasteiger partial charge in [0.25, 0.3) is 5.91 Å². The second-order valence-corrected chi connectivity index (χ2v) is 9.77. The Morgan fingerprint density at radius 1 is 1.14 bits per heavy atom. The van der Waals surface area contributed by atoms with Crippen molar-refractivity contribution in [3.05, 3.63) is 111 Å². The summed E-state index contributed by atoms with van der Waals surface area (Å²) in [6, 6.07) is 19.8. The van der Waals surface area contributed by atoms with Crippen LogP contribution in [0.1, 0.15) is 57.1 Å². The Labute approximate surface area is 220 Å². The standard InChI is InChI=1S/C29H28N4O3S/c1-2-27(34)33-14-12-21-10-11-23(15-24(21)28(33)22-8-4-3-5-9-22)36-18-26-32-25(19-37-26)29(35)31-17-20-7-6-13-30-16-20/h3-11,13,15-16,19,28H,2,12,14,17-18H2,1H3,(H,31,35). The number of carbonyl (C=O) groups excluding carboxylic acids is 2. The van der Waals surface area contributed by atoms with E-state index in [4.69, 9.17) is 4.74 Å². The normalized spacial score (nSPS) is 14.6. The first kappa shape index (κ1) is 24.6. The molecule has 7 nitrogen and oxygen atoms in total. The number of amides is 2. The smallest absolute Gasteiger partial charge is 0.271 e. The van der Waals surface area contributed by atoms with Crippen molar-refractivity contribution in [3.8, 4) is 5.75 Å². The molecular formula is C29H28N4O3S. The topological polar surface area (TPSA) is 84.4 Å². The van der Waals surface area contributed by atoms with Crippen molar-refractivity contribution < 1.29 is 14.3 Å². The molecule has 2 amide bonds. The number of carbonyl (C=O) groups is 2. The highest BCUT2D eigenvalue weighted by Crippen LogP contribution is 2.37. The highest BCUT2D eigenvalue weighted by molar-refractivity contribution is 7.09. The van der Waals surface area contributed by atoms with Gasteiger partial charge in [0.1, 0.15) is 23.1 Å². The molecule has 0 saturated carbocycles. The number of benzene rings is 2. The third-order valence-corrected chi connectivity index (χ3v) is 7.23. The van der Waals surface area contributed by atoms with Gasteiger partial charge in [0, 0.05) is 37.3 Å². The summed E-state index contributed by atoms with van der Waals surface area (Å²) in [6.07, 6.45) is 4.70. The molecule has 1 unspecified atom stereocenters. The van der Waals surface area contributed by atoms with Crippen LogP contribution < -0.4 is 10.1 Å². The van der Waals surface area contributed by atoms with Crippen LogP contribution in [0.25, 0.3) is 0 Å². The van der Waals surface area contributed by atoms with Crippen LogP contribution in [0.2, 0.25) is 0 Å². The van der Waals surface area contributed by atoms with Crippen LogP contribution >= 0.6 is 11.3 Å². The molecule has 0 aliphatic carbocycles. The average Bonchev–Trinajstić information content (AvgIpc) is 3.44. The van der Waals surface area contributed by atoms with Gasteiger partial charge in [-0.1, -0.05) is 49.4 Å². The van der Waals surface area contributed by atoms with Gasteiger partial charge in [0.05, 0.1) is 6.04 Å². The lowest BCUT2D eigenvalue weighted by Gasteiger charge is -2.38. The van der Waals surface area contributed by atoms with Crippen molar-refractivity contribution in [3.63, 3.8) is 0 Å². The van der Waals surface area contributed by atoms with Crippen molar-refractivity contribution in [2.24, 2.45) is 0 Å². The Hall–Kier alpha value is -4.04. The number of thiazole rings is 1. The lowest BCUT2D eigenvalue weighted by molar-refractivity contribution is -0.132. The Balaban J connectivity index is 1.28. The number of hydrogen-bond donors (Lipinski definition) is 1. The number of ether oxygens (including phenoxy) is 1. The molecule has 0 radical (unpaired) electrons. The number of fused-ring (bicyclic) bond motifs is 1. The van der Waals surface area contributed by atoms with Gasteiger partial charge < -0.3 is 15.0 Å². The predicted molar refractivity (Wildman–Crippen MR) is 142 cm³/mol. The number of nitrogens with zero attached hydrogens (tertiary/aromatic N) is 3. The largest absolute Gasteiger partial charge is 0.486 e. The molecule has 4 aromatic rings. The summed E-state index contributed by atoms with van der Waals surface area (Å²) in [5, 5.41) is 5.32. The van der Waals surface area contributed by atoms with Crippen molar-refractivity contribution in [2.75, 3.05) is 6.54 Å². The van der Waals surface area contributed by atoms with Crippen LogP contribution in [0.15, 0.2) is 78.4 Å². The van der Waals surface area contributed by atoms with Crippen molar-refractivity contribution in [1.29, 1.82) is 0 Å². The first-order chi connectivity index (χ1) is 18.1. The summed E-state index contributed by atoms with van der Waals surface area (Å²) in [5.74, 6) is 0.623. The maximum atomic E-state index is 12.8. The van der Waals surface area contributed by atoms with E-state index in [1.165, 1.54) is 16.9 Å². The van der Waals surface area contributed by atoms with E-state index in [0.717, 1.165) is 23.1 Å². The van der Waals surface area contributed by atoms with E-state index in [0.29, 0.717) is 36.0 Å². The fourth-order valence-electron chi connectivity index (χ4n) is 4.55. The van der Waals surface area contributed by atoms with Gasteiger partial charge in [-0.25, -0.2) is 4.98 Å². The summed E-state index contributed by atoms with van der Waals surface area (Å²) in [5.41, 5.74) is 4.70. The Morgan fingerprint density at radius 3 is 2.78 bits per heavy atom. The van der Waals surface area contributed by atoms with Gasteiger partial charge in [-0.05, 0) is 46.9 Å². The molecule has 2 aromatic heterocycles. The third-order valence-electron chi connectivity index (χ3n) is 6.41. The minimum Gasteiger partial charge on any atom is -0.486 e. The zero-order valence-electron chi connectivity index (χ0n) is 20.6. The van der Waals surface area contributed by atoms with E-state index >= 15 is 0 Å². The molecule has 3 heterocycles. The van der Waals surface area contributed by atoms with Gasteiger partial charge in [-0.15, -0.1) is 11.3 Å². The summed E-state index contributed by atoms with van der Waals surface area (Å²) in [4.78, 5) is 35.8. The van der Waals surface area contributed by atoms with Crippen molar-refractivity contribution in [2.45, 2.75) is 39.0 Å². The van der Waals surface area contributed by atoms with Gasteiger partial charge in [0.2, 0.25) is 5.91 Å². The number of hydrogen-bond acceptors (Lipinski definition) is 6. The molecule has 1 N–H and O–H groups in total. The minimum absolute atomic E-state index is 0.142. The Kier molecular flexibility index (Phi) is 7.56. The van der Waals surface area contributed by atoms with E-state index in [-0.39, 0.29) is 24.5 Å².